The SMILES string of the molecule is COc1ccc(N(CC(=O)N2c3ccccc3CC2C)C(C)=O)c(OC)c1. The third-order valence-electron chi connectivity index (χ3n) is 4.83. The molecule has 0 aliphatic carbocycles. The summed E-state index contributed by atoms with van der Waals surface area (Å²) in [6, 6.07) is 13.1. The number of hydrogen-bond donors (Lipinski definition) is 0. The highest BCUT2D eigenvalue weighted by molar-refractivity contribution is 6.04. The number of amides is 2. The molecule has 2 aromatic carbocycles. The van der Waals surface area contributed by atoms with Gasteiger partial charge in [-0.15, -0.1) is 0 Å². The molecule has 1 atom stereocenters. The number of carbonyl (C=O) groups is 2. The number of nitrogens with zero attached hydrogens (tertiary/aromatic N) is 2. The van der Waals surface area contributed by atoms with Crippen molar-refractivity contribution in [1.82, 2.24) is 0 Å². The third kappa shape index (κ3) is 3.60. The minimum Gasteiger partial charge on any atom is -0.497 e. The van der Waals surface area contributed by atoms with Gasteiger partial charge in [0.25, 0.3) is 0 Å². The molecule has 1 heterocycles. The lowest BCUT2D eigenvalue weighted by Crippen LogP contribution is -2.44. The molecule has 2 aromatic rings. The van der Waals surface area contributed by atoms with Gasteiger partial charge in [-0.1, -0.05) is 18.2 Å². The molecule has 142 valence electrons. The average molecular weight is 368 g/mol. The first-order valence-corrected chi connectivity index (χ1v) is 8.86. The van der Waals surface area contributed by atoms with Crippen molar-refractivity contribution >= 4 is 23.2 Å². The van der Waals surface area contributed by atoms with E-state index in [1.807, 2.05) is 31.2 Å². The summed E-state index contributed by atoms with van der Waals surface area (Å²) in [4.78, 5) is 28.6. The van der Waals surface area contributed by atoms with Crippen molar-refractivity contribution in [2.24, 2.45) is 0 Å². The van der Waals surface area contributed by atoms with Crippen LogP contribution in [0.1, 0.15) is 19.4 Å². The summed E-state index contributed by atoms with van der Waals surface area (Å²) in [5.41, 5.74) is 2.61. The van der Waals surface area contributed by atoms with Gasteiger partial charge in [0, 0.05) is 24.7 Å². The number of fused-ring (bicyclic) bond motifs is 1. The molecular formula is C21H24N2O4. The quantitative estimate of drug-likeness (QED) is 0.814. The maximum atomic E-state index is 13.1. The summed E-state index contributed by atoms with van der Waals surface area (Å²) in [5.74, 6) is 0.743. The minimum atomic E-state index is -0.230. The topological polar surface area (TPSA) is 59.1 Å². The van der Waals surface area contributed by atoms with Crippen LogP contribution in [0.4, 0.5) is 11.4 Å². The zero-order chi connectivity index (χ0) is 19.6. The summed E-state index contributed by atoms with van der Waals surface area (Å²) in [6.07, 6.45) is 0.813. The van der Waals surface area contributed by atoms with Gasteiger partial charge >= 0.3 is 0 Å². The van der Waals surface area contributed by atoms with Crippen LogP contribution in [0.5, 0.6) is 11.5 Å². The highest BCUT2D eigenvalue weighted by Gasteiger charge is 2.32. The van der Waals surface area contributed by atoms with Crippen molar-refractivity contribution in [2.45, 2.75) is 26.3 Å². The van der Waals surface area contributed by atoms with Crippen molar-refractivity contribution in [3.8, 4) is 11.5 Å². The molecule has 0 spiro atoms. The molecule has 6 nitrogen and oxygen atoms in total. The Kier molecular flexibility index (Phi) is 5.35. The average Bonchev–Trinajstić information content (AvgIpc) is 3.01. The van der Waals surface area contributed by atoms with Gasteiger partial charge in [0.1, 0.15) is 18.0 Å². The van der Waals surface area contributed by atoms with Crippen molar-refractivity contribution in [2.75, 3.05) is 30.6 Å². The first kappa shape index (κ1) is 18.8. The number of carbonyl (C=O) groups excluding carboxylic acids is 2. The fraction of sp³-hybridized carbons (Fsp3) is 0.333. The van der Waals surface area contributed by atoms with E-state index in [4.69, 9.17) is 9.47 Å². The van der Waals surface area contributed by atoms with Gasteiger partial charge in [0.05, 0.1) is 19.9 Å². The summed E-state index contributed by atoms with van der Waals surface area (Å²) >= 11 is 0. The number of anilines is 2. The van der Waals surface area contributed by atoms with Gasteiger partial charge < -0.3 is 14.4 Å². The Bertz CT molecular complexity index is 865. The molecular weight excluding hydrogens is 344 g/mol. The van der Waals surface area contributed by atoms with E-state index >= 15 is 0 Å². The molecule has 0 saturated carbocycles. The summed E-state index contributed by atoms with van der Waals surface area (Å²) < 4.78 is 10.6. The van der Waals surface area contributed by atoms with Gasteiger partial charge in [-0.3, -0.25) is 14.5 Å². The molecule has 1 unspecified atom stereocenters. The monoisotopic (exact) mass is 368 g/mol. The molecule has 3 rings (SSSR count). The second kappa shape index (κ2) is 7.70. The van der Waals surface area contributed by atoms with Gasteiger partial charge in [-0.05, 0) is 37.1 Å². The Hall–Kier alpha value is -3.02. The summed E-state index contributed by atoms with van der Waals surface area (Å²) in [7, 11) is 3.09. The maximum Gasteiger partial charge on any atom is 0.247 e. The Morgan fingerprint density at radius 1 is 1.15 bits per heavy atom. The van der Waals surface area contributed by atoms with Crippen LogP contribution < -0.4 is 19.3 Å². The zero-order valence-electron chi connectivity index (χ0n) is 16.1. The smallest absolute Gasteiger partial charge is 0.247 e. The fourth-order valence-corrected chi connectivity index (χ4v) is 3.53. The first-order valence-electron chi connectivity index (χ1n) is 8.86. The highest BCUT2D eigenvalue weighted by atomic mass is 16.5. The number of benzene rings is 2. The molecule has 0 radical (unpaired) electrons. The van der Waals surface area contributed by atoms with E-state index in [0.717, 1.165) is 17.7 Å². The summed E-state index contributed by atoms with van der Waals surface area (Å²) in [5, 5.41) is 0. The molecule has 1 aliphatic rings. The molecule has 0 aromatic heterocycles. The predicted molar refractivity (Wildman–Crippen MR) is 105 cm³/mol. The first-order chi connectivity index (χ1) is 13.0. The lowest BCUT2D eigenvalue weighted by molar-refractivity contribution is -0.121. The fourth-order valence-electron chi connectivity index (χ4n) is 3.53. The second-order valence-corrected chi connectivity index (χ2v) is 6.59. The molecule has 0 bridgehead atoms. The van der Waals surface area contributed by atoms with E-state index in [9.17, 15) is 9.59 Å². The van der Waals surface area contributed by atoms with Crippen LogP contribution in [0.2, 0.25) is 0 Å². The van der Waals surface area contributed by atoms with Gasteiger partial charge in [-0.25, -0.2) is 0 Å². The second-order valence-electron chi connectivity index (χ2n) is 6.59. The number of methoxy groups -OCH3 is 2. The van der Waals surface area contributed by atoms with Gasteiger partial charge in [0.15, 0.2) is 0 Å². The standard InChI is InChI=1S/C21H24N2O4/c1-14-11-16-7-5-6-8-18(16)23(14)21(25)13-22(15(2)24)19-10-9-17(26-3)12-20(19)27-4/h5-10,12,14H,11,13H2,1-4H3. The molecule has 0 saturated heterocycles. The largest absolute Gasteiger partial charge is 0.497 e. The molecule has 6 heteroatoms. The van der Waals surface area contributed by atoms with Gasteiger partial charge in [-0.2, -0.15) is 0 Å². The molecule has 27 heavy (non-hydrogen) atoms. The molecule has 2 amide bonds. The Morgan fingerprint density at radius 2 is 1.89 bits per heavy atom. The lowest BCUT2D eigenvalue weighted by Gasteiger charge is -2.28. The Balaban J connectivity index is 1.90. The Labute approximate surface area is 159 Å². The predicted octanol–water partition coefficient (Wildman–Crippen LogP) is 3.03. The molecule has 0 N–H and O–H groups in total. The minimum absolute atomic E-state index is 0.0569. The number of ether oxygens (including phenoxy) is 2. The van der Waals surface area contributed by atoms with E-state index in [1.165, 1.54) is 18.9 Å². The van der Waals surface area contributed by atoms with Crippen LogP contribution in [0.25, 0.3) is 0 Å². The van der Waals surface area contributed by atoms with Crippen LogP contribution >= 0.6 is 0 Å². The van der Waals surface area contributed by atoms with Crippen molar-refractivity contribution < 1.29 is 19.1 Å². The number of hydrogen-bond acceptors (Lipinski definition) is 4. The zero-order valence-corrected chi connectivity index (χ0v) is 16.1. The van der Waals surface area contributed by atoms with Gasteiger partial charge in [0.2, 0.25) is 11.8 Å². The van der Waals surface area contributed by atoms with Crippen molar-refractivity contribution in [1.29, 1.82) is 0 Å². The number of rotatable bonds is 5. The van der Waals surface area contributed by atoms with Crippen LogP contribution in [0.3, 0.4) is 0 Å². The van der Waals surface area contributed by atoms with Crippen LogP contribution in [0, 0.1) is 0 Å². The highest BCUT2D eigenvalue weighted by Crippen LogP contribution is 2.34. The lowest BCUT2D eigenvalue weighted by atomic mass is 10.1. The normalized spacial score (nSPS) is 15.3. The molecule has 1 aliphatic heterocycles. The van der Waals surface area contributed by atoms with Crippen LogP contribution in [-0.4, -0.2) is 38.6 Å². The molecule has 0 fully saturated rings. The maximum absolute atomic E-state index is 13.1. The van der Waals surface area contributed by atoms with Crippen molar-refractivity contribution in [3.05, 3.63) is 48.0 Å². The van der Waals surface area contributed by atoms with Crippen LogP contribution in [-0.2, 0) is 16.0 Å². The van der Waals surface area contributed by atoms with Crippen LogP contribution in [0.15, 0.2) is 42.5 Å². The third-order valence-corrected chi connectivity index (χ3v) is 4.83. The van der Waals surface area contributed by atoms with E-state index in [2.05, 4.69) is 0 Å². The van der Waals surface area contributed by atoms with E-state index in [-0.39, 0.29) is 24.4 Å². The number of para-hydroxylation sites is 1. The van der Waals surface area contributed by atoms with Crippen molar-refractivity contribution in [3.63, 3.8) is 0 Å². The van der Waals surface area contributed by atoms with E-state index in [1.54, 1.807) is 30.2 Å². The van der Waals surface area contributed by atoms with E-state index in [0.29, 0.717) is 17.2 Å². The van der Waals surface area contributed by atoms with E-state index < -0.39 is 0 Å². The Morgan fingerprint density at radius 3 is 2.56 bits per heavy atom. The summed E-state index contributed by atoms with van der Waals surface area (Å²) in [6.45, 7) is 3.40.